The van der Waals surface area contributed by atoms with Crippen molar-refractivity contribution in [3.05, 3.63) is 23.6 Å². The van der Waals surface area contributed by atoms with Gasteiger partial charge in [0.25, 0.3) is 0 Å². The predicted molar refractivity (Wildman–Crippen MR) is 61.7 cm³/mol. The second kappa shape index (κ2) is 4.55. The molecule has 2 aromatic heterocycles. The topological polar surface area (TPSA) is 42.7 Å². The zero-order valence-corrected chi connectivity index (χ0v) is 9.71. The fourth-order valence-corrected chi connectivity index (χ4v) is 2.19. The molecule has 0 fully saturated rings. The van der Waals surface area contributed by atoms with E-state index in [2.05, 4.69) is 27.6 Å². The molecule has 2 rings (SSSR count). The molecule has 0 radical (unpaired) electrons. The van der Waals surface area contributed by atoms with Crippen LogP contribution in [-0.2, 0) is 13.6 Å². The summed E-state index contributed by atoms with van der Waals surface area (Å²) in [6.45, 7) is 3.90. The Hall–Kier alpha value is -1.20. The van der Waals surface area contributed by atoms with Crippen LogP contribution in [0.4, 0.5) is 0 Å². The second-order valence-corrected chi connectivity index (χ2v) is 4.17. The van der Waals surface area contributed by atoms with Crippen LogP contribution >= 0.6 is 11.3 Å². The monoisotopic (exact) mass is 222 g/mol. The molecule has 15 heavy (non-hydrogen) atoms. The summed E-state index contributed by atoms with van der Waals surface area (Å²) < 4.78 is 1.98. The highest BCUT2D eigenvalue weighted by atomic mass is 32.1. The molecule has 2 aromatic rings. The van der Waals surface area contributed by atoms with E-state index in [9.17, 15) is 0 Å². The van der Waals surface area contributed by atoms with Crippen molar-refractivity contribution in [3.8, 4) is 10.7 Å². The summed E-state index contributed by atoms with van der Waals surface area (Å²) in [5.74, 6) is 0. The molecule has 4 nitrogen and oxygen atoms in total. The van der Waals surface area contributed by atoms with Crippen LogP contribution in [0.5, 0.6) is 0 Å². The first-order chi connectivity index (χ1) is 7.31. The molecule has 0 aromatic carbocycles. The highest BCUT2D eigenvalue weighted by Gasteiger charge is 2.07. The Kier molecular flexibility index (Phi) is 3.13. The molecular formula is C10H14N4S. The summed E-state index contributed by atoms with van der Waals surface area (Å²) in [5, 5.41) is 6.38. The van der Waals surface area contributed by atoms with Crippen LogP contribution in [0.2, 0.25) is 0 Å². The minimum Gasteiger partial charge on any atom is -0.332 e. The van der Waals surface area contributed by atoms with Crippen molar-refractivity contribution in [2.75, 3.05) is 6.54 Å². The lowest BCUT2D eigenvalue weighted by molar-refractivity contribution is 0.714. The minimum atomic E-state index is 0.838. The number of thiazole rings is 1. The van der Waals surface area contributed by atoms with Gasteiger partial charge in [0.1, 0.15) is 5.01 Å². The highest BCUT2D eigenvalue weighted by molar-refractivity contribution is 7.13. The molecule has 0 saturated carbocycles. The van der Waals surface area contributed by atoms with Gasteiger partial charge in [0.15, 0.2) is 0 Å². The first-order valence-electron chi connectivity index (χ1n) is 4.93. The average Bonchev–Trinajstić information content (AvgIpc) is 2.83. The Morgan fingerprint density at radius 3 is 3.07 bits per heavy atom. The van der Waals surface area contributed by atoms with Crippen molar-refractivity contribution in [1.29, 1.82) is 0 Å². The number of nitrogens with zero attached hydrogens (tertiary/aromatic N) is 3. The average molecular weight is 222 g/mol. The van der Waals surface area contributed by atoms with Crippen molar-refractivity contribution in [3.63, 3.8) is 0 Å². The smallest absolute Gasteiger partial charge is 0.141 e. The van der Waals surface area contributed by atoms with Crippen LogP contribution < -0.4 is 5.32 Å². The third-order valence-electron chi connectivity index (χ3n) is 2.14. The summed E-state index contributed by atoms with van der Waals surface area (Å²) in [6.07, 6.45) is 3.64. The number of rotatable bonds is 4. The van der Waals surface area contributed by atoms with Gasteiger partial charge in [-0.25, -0.2) is 9.97 Å². The largest absolute Gasteiger partial charge is 0.332 e. The Balaban J connectivity index is 2.17. The van der Waals surface area contributed by atoms with Gasteiger partial charge in [0, 0.05) is 19.0 Å². The summed E-state index contributed by atoms with van der Waals surface area (Å²) in [7, 11) is 1.98. The number of aromatic nitrogens is 3. The van der Waals surface area contributed by atoms with E-state index in [1.807, 2.05) is 17.8 Å². The van der Waals surface area contributed by atoms with Gasteiger partial charge in [-0.2, -0.15) is 0 Å². The fourth-order valence-electron chi connectivity index (χ4n) is 1.32. The van der Waals surface area contributed by atoms with Gasteiger partial charge in [0.2, 0.25) is 0 Å². The summed E-state index contributed by atoms with van der Waals surface area (Å²) in [5.41, 5.74) is 2.17. The standard InChI is InChI=1S/C10H14N4S/c1-3-11-4-8-6-15-10(13-8)9-5-12-7-14(9)2/h5-7,11H,3-4H2,1-2H3. The van der Waals surface area contributed by atoms with E-state index in [4.69, 9.17) is 0 Å². The quantitative estimate of drug-likeness (QED) is 0.855. The molecule has 5 heteroatoms. The molecule has 2 heterocycles. The van der Waals surface area contributed by atoms with Crippen LogP contribution in [0.3, 0.4) is 0 Å². The minimum absolute atomic E-state index is 0.838. The van der Waals surface area contributed by atoms with E-state index in [0.717, 1.165) is 29.5 Å². The molecule has 0 unspecified atom stereocenters. The number of hydrogen-bond acceptors (Lipinski definition) is 4. The highest BCUT2D eigenvalue weighted by Crippen LogP contribution is 2.22. The summed E-state index contributed by atoms with van der Waals surface area (Å²) >= 11 is 1.66. The molecular weight excluding hydrogens is 208 g/mol. The zero-order chi connectivity index (χ0) is 10.7. The predicted octanol–water partition coefficient (Wildman–Crippen LogP) is 1.65. The number of imidazole rings is 1. The molecule has 0 spiro atoms. The molecule has 0 aliphatic heterocycles. The van der Waals surface area contributed by atoms with Crippen molar-refractivity contribution in [1.82, 2.24) is 19.9 Å². The van der Waals surface area contributed by atoms with Gasteiger partial charge < -0.3 is 9.88 Å². The van der Waals surface area contributed by atoms with E-state index in [1.165, 1.54) is 0 Å². The molecule has 0 bridgehead atoms. The van der Waals surface area contributed by atoms with Crippen LogP contribution in [0, 0.1) is 0 Å². The van der Waals surface area contributed by atoms with Crippen molar-refractivity contribution in [2.45, 2.75) is 13.5 Å². The van der Waals surface area contributed by atoms with Crippen molar-refractivity contribution in [2.24, 2.45) is 7.05 Å². The summed E-state index contributed by atoms with van der Waals surface area (Å²) in [6, 6.07) is 0. The van der Waals surface area contributed by atoms with E-state index in [-0.39, 0.29) is 0 Å². The first kappa shape index (κ1) is 10.3. The first-order valence-corrected chi connectivity index (χ1v) is 5.81. The van der Waals surface area contributed by atoms with Crippen LogP contribution in [0.1, 0.15) is 12.6 Å². The number of hydrogen-bond donors (Lipinski definition) is 1. The van der Waals surface area contributed by atoms with Gasteiger partial charge in [-0.1, -0.05) is 6.92 Å². The fraction of sp³-hybridized carbons (Fsp3) is 0.400. The Morgan fingerprint density at radius 1 is 1.53 bits per heavy atom. The molecule has 80 valence electrons. The van der Waals surface area contributed by atoms with E-state index in [0.29, 0.717) is 0 Å². The van der Waals surface area contributed by atoms with Gasteiger partial charge >= 0.3 is 0 Å². The van der Waals surface area contributed by atoms with E-state index >= 15 is 0 Å². The third kappa shape index (κ3) is 2.24. The lowest BCUT2D eigenvalue weighted by atomic mass is 10.4. The van der Waals surface area contributed by atoms with Crippen molar-refractivity contribution >= 4 is 11.3 Å². The zero-order valence-electron chi connectivity index (χ0n) is 8.90. The van der Waals surface area contributed by atoms with E-state index < -0.39 is 0 Å². The normalized spacial score (nSPS) is 10.8. The van der Waals surface area contributed by atoms with Gasteiger partial charge in [0.05, 0.1) is 23.9 Å². The number of aryl methyl sites for hydroxylation is 1. The number of nitrogens with one attached hydrogen (secondary N) is 1. The maximum atomic E-state index is 4.55. The molecule has 0 amide bonds. The van der Waals surface area contributed by atoms with Gasteiger partial charge in [-0.05, 0) is 6.54 Å². The maximum absolute atomic E-state index is 4.55. The molecule has 0 atom stereocenters. The second-order valence-electron chi connectivity index (χ2n) is 3.31. The van der Waals surface area contributed by atoms with Gasteiger partial charge in [-0.15, -0.1) is 11.3 Å². The Labute approximate surface area is 93.0 Å². The SMILES string of the molecule is CCNCc1csc(-c2cncn2C)n1. The molecule has 0 aliphatic carbocycles. The maximum Gasteiger partial charge on any atom is 0.141 e. The molecule has 0 saturated heterocycles. The van der Waals surface area contributed by atoms with Crippen LogP contribution in [0.15, 0.2) is 17.9 Å². The Bertz CT molecular complexity index is 432. The molecule has 0 aliphatic rings. The third-order valence-corrected chi connectivity index (χ3v) is 3.06. The van der Waals surface area contributed by atoms with Crippen molar-refractivity contribution < 1.29 is 0 Å². The Morgan fingerprint density at radius 2 is 2.40 bits per heavy atom. The lowest BCUT2D eigenvalue weighted by Gasteiger charge is -1.97. The van der Waals surface area contributed by atoms with E-state index in [1.54, 1.807) is 17.7 Å². The molecule has 1 N–H and O–H groups in total. The van der Waals surface area contributed by atoms with Gasteiger partial charge in [-0.3, -0.25) is 0 Å². The van der Waals surface area contributed by atoms with Crippen LogP contribution in [0.25, 0.3) is 10.7 Å². The summed E-state index contributed by atoms with van der Waals surface area (Å²) in [4.78, 5) is 8.63. The lowest BCUT2D eigenvalue weighted by Crippen LogP contribution is -2.11. The van der Waals surface area contributed by atoms with Crippen LogP contribution in [-0.4, -0.2) is 21.1 Å².